The van der Waals surface area contributed by atoms with E-state index < -0.39 is 23.7 Å². The number of methoxy groups -OCH3 is 1. The molecular weight excluding hydrogens is 364 g/mol. The van der Waals surface area contributed by atoms with E-state index in [2.05, 4.69) is 5.32 Å². The second-order valence-corrected chi connectivity index (χ2v) is 7.85. The number of hydrogen-bond acceptors (Lipinski definition) is 7. The first-order chi connectivity index (χ1) is 13.0. The Morgan fingerprint density at radius 3 is 2.36 bits per heavy atom. The highest BCUT2D eigenvalue weighted by molar-refractivity contribution is 5.93. The van der Waals surface area contributed by atoms with Crippen LogP contribution in [0, 0.1) is 5.92 Å². The van der Waals surface area contributed by atoms with Crippen LogP contribution in [-0.2, 0) is 25.5 Å². The molecule has 1 rings (SSSR count). The maximum Gasteiger partial charge on any atom is 0.419 e. The van der Waals surface area contributed by atoms with E-state index in [1.165, 1.54) is 13.3 Å². The molecule has 1 N–H and O–H groups in total. The number of aromatic nitrogens is 1. The van der Waals surface area contributed by atoms with Gasteiger partial charge < -0.3 is 19.5 Å². The van der Waals surface area contributed by atoms with Gasteiger partial charge >= 0.3 is 18.0 Å². The second-order valence-electron chi connectivity index (χ2n) is 7.85. The minimum Gasteiger partial charge on any atom is -0.468 e. The topological polar surface area (TPSA) is 95.9 Å². The van der Waals surface area contributed by atoms with E-state index in [4.69, 9.17) is 14.2 Å². The third-order valence-corrected chi connectivity index (χ3v) is 3.76. The van der Waals surface area contributed by atoms with E-state index in [1.54, 1.807) is 33.8 Å². The van der Waals surface area contributed by atoms with Gasteiger partial charge in [0.15, 0.2) is 0 Å². The van der Waals surface area contributed by atoms with Crippen LogP contribution in [0.3, 0.4) is 0 Å². The van der Waals surface area contributed by atoms with Crippen molar-refractivity contribution in [2.24, 2.45) is 5.92 Å². The molecule has 0 fully saturated rings. The predicted molar refractivity (Wildman–Crippen MR) is 104 cm³/mol. The molecule has 158 valence electrons. The third-order valence-electron chi connectivity index (χ3n) is 3.76. The van der Waals surface area contributed by atoms with Gasteiger partial charge in [-0.25, -0.2) is 14.2 Å². The quantitative estimate of drug-likeness (QED) is 0.533. The summed E-state index contributed by atoms with van der Waals surface area (Å²) in [4.78, 5) is 36.9. The van der Waals surface area contributed by atoms with Crippen molar-refractivity contribution in [2.45, 2.75) is 66.2 Å². The van der Waals surface area contributed by atoms with Crippen LogP contribution in [0.5, 0.6) is 0 Å². The normalized spacial score (nSPS) is 12.6. The number of esters is 2. The molecule has 0 aliphatic heterocycles. The number of nitrogens with one attached hydrogen (secondary N) is 1. The largest absolute Gasteiger partial charge is 0.468 e. The molecule has 0 amide bonds. The molecule has 0 saturated heterocycles. The molecule has 0 saturated carbocycles. The van der Waals surface area contributed by atoms with Crippen LogP contribution in [0.2, 0.25) is 0 Å². The second kappa shape index (κ2) is 10.3. The summed E-state index contributed by atoms with van der Waals surface area (Å²) < 4.78 is 16.4. The van der Waals surface area contributed by atoms with Crippen LogP contribution < -0.4 is 5.32 Å². The van der Waals surface area contributed by atoms with Gasteiger partial charge in [0.1, 0.15) is 17.3 Å². The maximum absolute atomic E-state index is 12.5. The van der Waals surface area contributed by atoms with Crippen molar-refractivity contribution in [1.82, 2.24) is 9.88 Å². The van der Waals surface area contributed by atoms with E-state index in [0.29, 0.717) is 12.0 Å². The molecule has 0 aliphatic carbocycles. The van der Waals surface area contributed by atoms with Gasteiger partial charge in [-0.3, -0.25) is 4.79 Å². The lowest BCUT2D eigenvalue weighted by Gasteiger charge is -2.21. The fraction of sp³-hybridized carbons (Fsp3) is 0.650. The number of nitrogens with zero attached hydrogens (tertiary/aromatic N) is 1. The number of hydrogen-bond donors (Lipinski definition) is 1. The summed E-state index contributed by atoms with van der Waals surface area (Å²) in [5.74, 6) is -0.737. The monoisotopic (exact) mass is 396 g/mol. The van der Waals surface area contributed by atoms with Crippen LogP contribution in [-0.4, -0.2) is 48.0 Å². The molecule has 1 aromatic heterocycles. The van der Waals surface area contributed by atoms with Crippen molar-refractivity contribution >= 4 is 18.0 Å². The Kier molecular flexibility index (Phi) is 8.68. The molecule has 1 atom stereocenters. The average Bonchev–Trinajstić information content (AvgIpc) is 3.00. The van der Waals surface area contributed by atoms with Crippen molar-refractivity contribution in [3.8, 4) is 0 Å². The number of rotatable bonds is 8. The zero-order chi connectivity index (χ0) is 21.5. The highest BCUT2D eigenvalue weighted by Gasteiger charge is 2.27. The Bertz CT molecular complexity index is 687. The Balaban J connectivity index is 3.12. The van der Waals surface area contributed by atoms with Crippen LogP contribution in [0.15, 0.2) is 12.3 Å². The zero-order valence-electron chi connectivity index (χ0n) is 17.8. The third kappa shape index (κ3) is 6.99. The van der Waals surface area contributed by atoms with Gasteiger partial charge in [0, 0.05) is 12.7 Å². The highest BCUT2D eigenvalue weighted by atomic mass is 16.6. The Morgan fingerprint density at radius 2 is 1.86 bits per heavy atom. The summed E-state index contributed by atoms with van der Waals surface area (Å²) in [7, 11) is 1.33. The lowest BCUT2D eigenvalue weighted by atomic mass is 10.0. The summed E-state index contributed by atoms with van der Waals surface area (Å²) in [5, 5.41) is 3.11. The highest BCUT2D eigenvalue weighted by Crippen LogP contribution is 2.17. The van der Waals surface area contributed by atoms with Crippen LogP contribution in [0.4, 0.5) is 4.79 Å². The minimum atomic E-state index is -0.709. The molecule has 0 radical (unpaired) electrons. The lowest BCUT2D eigenvalue weighted by molar-refractivity contribution is -0.143. The molecule has 0 aliphatic rings. The molecule has 1 aromatic rings. The number of carbonyl (C=O) groups is 3. The summed E-state index contributed by atoms with van der Waals surface area (Å²) in [6.45, 7) is 11.3. The van der Waals surface area contributed by atoms with Gasteiger partial charge in [-0.05, 0) is 51.7 Å². The summed E-state index contributed by atoms with van der Waals surface area (Å²) in [6, 6.07) is 1.11. The first-order valence-electron chi connectivity index (χ1n) is 9.42. The molecule has 28 heavy (non-hydrogen) atoms. The van der Waals surface area contributed by atoms with Crippen LogP contribution in [0.25, 0.3) is 0 Å². The number of carbonyl (C=O) groups excluding carboxylic acids is 3. The van der Waals surface area contributed by atoms with Gasteiger partial charge in [-0.2, -0.15) is 0 Å². The van der Waals surface area contributed by atoms with E-state index in [-0.39, 0.29) is 30.7 Å². The lowest BCUT2D eigenvalue weighted by Crippen LogP contribution is -2.38. The number of ether oxygens (including phenoxy) is 3. The molecular formula is C20H32N2O6. The van der Waals surface area contributed by atoms with Crippen LogP contribution >= 0.6 is 0 Å². The molecule has 0 unspecified atom stereocenters. The first kappa shape index (κ1) is 23.7. The fourth-order valence-electron chi connectivity index (χ4n) is 2.62. The first-order valence-corrected chi connectivity index (χ1v) is 9.42. The molecule has 0 aromatic carbocycles. The average molecular weight is 396 g/mol. The zero-order valence-corrected chi connectivity index (χ0v) is 17.8. The summed E-state index contributed by atoms with van der Waals surface area (Å²) >= 11 is 0. The van der Waals surface area contributed by atoms with Crippen molar-refractivity contribution in [1.29, 1.82) is 0 Å². The summed E-state index contributed by atoms with van der Waals surface area (Å²) in [5.41, 5.74) is -0.0994. The van der Waals surface area contributed by atoms with Crippen molar-refractivity contribution < 1.29 is 28.6 Å². The Hall–Kier alpha value is -2.35. The van der Waals surface area contributed by atoms with Crippen molar-refractivity contribution in [3.63, 3.8) is 0 Å². The molecule has 8 nitrogen and oxygen atoms in total. The SMILES string of the molecule is CCOC(=O)c1c(CN[C@@H](CC(C)C)C(=O)OC)ccn1C(=O)OC(C)(C)C. The molecule has 1 heterocycles. The van der Waals surface area contributed by atoms with E-state index in [0.717, 1.165) is 4.57 Å². The predicted octanol–water partition coefficient (Wildman–Crippen LogP) is 3.13. The van der Waals surface area contributed by atoms with Crippen LogP contribution in [0.1, 0.15) is 64.0 Å². The van der Waals surface area contributed by atoms with Gasteiger partial charge in [0.2, 0.25) is 0 Å². The van der Waals surface area contributed by atoms with E-state index >= 15 is 0 Å². The van der Waals surface area contributed by atoms with Crippen molar-refractivity contribution in [3.05, 3.63) is 23.5 Å². The molecule has 0 spiro atoms. The van der Waals surface area contributed by atoms with Gasteiger partial charge in [-0.15, -0.1) is 0 Å². The van der Waals surface area contributed by atoms with Gasteiger partial charge in [0.05, 0.1) is 13.7 Å². The molecule has 0 bridgehead atoms. The van der Waals surface area contributed by atoms with Gasteiger partial charge in [0.25, 0.3) is 0 Å². The smallest absolute Gasteiger partial charge is 0.419 e. The van der Waals surface area contributed by atoms with Gasteiger partial charge in [-0.1, -0.05) is 13.8 Å². The standard InChI is InChI=1S/C20H32N2O6/c1-8-27-18(24)16-14(9-10-22(16)19(25)28-20(4,5)6)12-21-15(11-13(2)3)17(23)26-7/h9-10,13,15,21H,8,11-12H2,1-7H3/t15-/m0/s1. The Morgan fingerprint density at radius 1 is 1.21 bits per heavy atom. The maximum atomic E-state index is 12.5. The fourth-order valence-corrected chi connectivity index (χ4v) is 2.62. The van der Waals surface area contributed by atoms with Crippen molar-refractivity contribution in [2.75, 3.05) is 13.7 Å². The minimum absolute atomic E-state index is 0.0803. The summed E-state index contributed by atoms with van der Waals surface area (Å²) in [6.07, 6.45) is 1.37. The molecule has 8 heteroatoms. The van der Waals surface area contributed by atoms with E-state index in [9.17, 15) is 14.4 Å². The van der Waals surface area contributed by atoms with E-state index in [1.807, 2.05) is 13.8 Å². The Labute approximate surface area is 166 Å².